The number of amides is 2. The molecular formula is C22H27BrN2O3. The van der Waals surface area contributed by atoms with E-state index in [-0.39, 0.29) is 18.4 Å². The van der Waals surface area contributed by atoms with Crippen LogP contribution in [0.3, 0.4) is 0 Å². The molecule has 0 saturated heterocycles. The maximum atomic E-state index is 12.3. The zero-order valence-electron chi connectivity index (χ0n) is 16.7. The number of hydrogen-bond acceptors (Lipinski definition) is 3. The average molecular weight is 447 g/mol. The lowest BCUT2D eigenvalue weighted by molar-refractivity contribution is -0.130. The van der Waals surface area contributed by atoms with Gasteiger partial charge in [-0.15, -0.1) is 0 Å². The second-order valence-electron chi connectivity index (χ2n) is 7.30. The predicted octanol–water partition coefficient (Wildman–Crippen LogP) is 4.29. The molecule has 2 rings (SSSR count). The van der Waals surface area contributed by atoms with Gasteiger partial charge in [-0.25, -0.2) is 0 Å². The third-order valence-corrected chi connectivity index (χ3v) is 5.23. The maximum Gasteiger partial charge on any atom is 0.276 e. The topological polar surface area (TPSA) is 67.4 Å². The molecule has 28 heavy (non-hydrogen) atoms. The zero-order chi connectivity index (χ0) is 20.7. The molecule has 0 spiro atoms. The van der Waals surface area contributed by atoms with Crippen LogP contribution in [0.5, 0.6) is 5.75 Å². The SMILES string of the molecule is Cc1cc(OCC(=O)NNC(=O)C(C)c2ccc(CC(C)C)cc2)ccc1Br. The number of halogens is 1. The molecule has 0 bridgehead atoms. The fraction of sp³-hybridized carbons (Fsp3) is 0.364. The van der Waals surface area contributed by atoms with E-state index in [2.05, 4.69) is 40.6 Å². The van der Waals surface area contributed by atoms with Crippen molar-refractivity contribution in [2.24, 2.45) is 5.92 Å². The average Bonchev–Trinajstić information content (AvgIpc) is 2.66. The van der Waals surface area contributed by atoms with Crippen LogP contribution in [0, 0.1) is 12.8 Å². The van der Waals surface area contributed by atoms with Crippen LogP contribution < -0.4 is 15.6 Å². The lowest BCUT2D eigenvalue weighted by Gasteiger charge is -2.14. The van der Waals surface area contributed by atoms with E-state index in [1.165, 1.54) is 5.56 Å². The van der Waals surface area contributed by atoms with Crippen LogP contribution in [0.15, 0.2) is 46.9 Å². The molecule has 0 radical (unpaired) electrons. The Morgan fingerprint density at radius 3 is 2.32 bits per heavy atom. The van der Waals surface area contributed by atoms with Gasteiger partial charge in [0.2, 0.25) is 5.91 Å². The van der Waals surface area contributed by atoms with Crippen molar-refractivity contribution < 1.29 is 14.3 Å². The molecule has 2 N–H and O–H groups in total. The van der Waals surface area contributed by atoms with Gasteiger partial charge in [0.1, 0.15) is 5.75 Å². The van der Waals surface area contributed by atoms with E-state index in [9.17, 15) is 9.59 Å². The third-order valence-electron chi connectivity index (χ3n) is 4.34. The van der Waals surface area contributed by atoms with Gasteiger partial charge in [0.25, 0.3) is 5.91 Å². The summed E-state index contributed by atoms with van der Waals surface area (Å²) in [4.78, 5) is 24.2. The molecule has 2 aromatic rings. The number of benzene rings is 2. The Morgan fingerprint density at radius 2 is 1.71 bits per heavy atom. The monoisotopic (exact) mass is 446 g/mol. The molecule has 6 heteroatoms. The molecule has 0 aliphatic heterocycles. The van der Waals surface area contributed by atoms with Crippen LogP contribution in [0.25, 0.3) is 0 Å². The molecule has 0 saturated carbocycles. The van der Waals surface area contributed by atoms with Gasteiger partial charge < -0.3 is 4.74 Å². The summed E-state index contributed by atoms with van der Waals surface area (Å²) < 4.78 is 6.42. The molecule has 1 atom stereocenters. The van der Waals surface area contributed by atoms with Crippen LogP contribution in [0.4, 0.5) is 0 Å². The van der Waals surface area contributed by atoms with Gasteiger partial charge in [-0.2, -0.15) is 0 Å². The van der Waals surface area contributed by atoms with Gasteiger partial charge in [0, 0.05) is 4.47 Å². The maximum absolute atomic E-state index is 12.3. The summed E-state index contributed by atoms with van der Waals surface area (Å²) in [5.41, 5.74) is 8.02. The number of hydrazine groups is 1. The highest BCUT2D eigenvalue weighted by atomic mass is 79.9. The van der Waals surface area contributed by atoms with Gasteiger partial charge in [0.15, 0.2) is 6.61 Å². The first-order chi connectivity index (χ1) is 13.3. The smallest absolute Gasteiger partial charge is 0.276 e. The van der Waals surface area contributed by atoms with Gasteiger partial charge in [-0.1, -0.05) is 54.0 Å². The van der Waals surface area contributed by atoms with E-state index < -0.39 is 5.91 Å². The predicted molar refractivity (Wildman–Crippen MR) is 114 cm³/mol. The van der Waals surface area contributed by atoms with Gasteiger partial charge >= 0.3 is 0 Å². The quantitative estimate of drug-likeness (QED) is 0.623. The second kappa shape index (κ2) is 10.3. The Kier molecular flexibility index (Phi) is 8.05. The van der Waals surface area contributed by atoms with Gasteiger partial charge in [-0.05, 0) is 61.1 Å². The molecule has 0 aliphatic rings. The van der Waals surface area contributed by atoms with Gasteiger partial charge in [0.05, 0.1) is 5.92 Å². The molecular weight excluding hydrogens is 420 g/mol. The number of carbonyl (C=O) groups excluding carboxylic acids is 2. The van der Waals surface area contributed by atoms with E-state index in [1.807, 2.05) is 43.3 Å². The summed E-state index contributed by atoms with van der Waals surface area (Å²) in [6.07, 6.45) is 1.01. The van der Waals surface area contributed by atoms with Crippen LogP contribution in [-0.4, -0.2) is 18.4 Å². The van der Waals surface area contributed by atoms with E-state index >= 15 is 0 Å². The fourth-order valence-electron chi connectivity index (χ4n) is 2.70. The summed E-state index contributed by atoms with van der Waals surface area (Å²) in [6.45, 7) is 7.91. The molecule has 0 aliphatic carbocycles. The molecule has 0 heterocycles. The third kappa shape index (κ3) is 6.68. The van der Waals surface area contributed by atoms with Crippen molar-refractivity contribution in [2.45, 2.75) is 40.0 Å². The lowest BCUT2D eigenvalue weighted by atomic mass is 9.96. The Labute approximate surface area is 175 Å². The lowest BCUT2D eigenvalue weighted by Crippen LogP contribution is -2.45. The first-order valence-corrected chi connectivity index (χ1v) is 10.1. The number of rotatable bonds is 7. The van der Waals surface area contributed by atoms with E-state index in [0.717, 1.165) is 22.0 Å². The first kappa shape index (κ1) is 22.0. The van der Waals surface area contributed by atoms with Crippen molar-refractivity contribution >= 4 is 27.7 Å². The van der Waals surface area contributed by atoms with Crippen LogP contribution >= 0.6 is 15.9 Å². The van der Waals surface area contributed by atoms with Crippen molar-refractivity contribution in [3.63, 3.8) is 0 Å². The minimum atomic E-state index is -0.423. The standard InChI is InChI=1S/C22H27BrN2O3/c1-14(2)11-17-5-7-18(8-6-17)16(4)22(27)25-24-21(26)13-28-19-9-10-20(23)15(3)12-19/h5-10,12,14,16H,11,13H2,1-4H3,(H,24,26)(H,25,27). The molecule has 1 unspecified atom stereocenters. The van der Waals surface area contributed by atoms with Crippen LogP contribution in [0.1, 0.15) is 43.4 Å². The molecule has 150 valence electrons. The zero-order valence-corrected chi connectivity index (χ0v) is 18.3. The van der Waals surface area contributed by atoms with E-state index in [4.69, 9.17) is 4.74 Å². The van der Waals surface area contributed by atoms with Crippen molar-refractivity contribution in [2.75, 3.05) is 6.61 Å². The molecule has 0 aromatic heterocycles. The first-order valence-electron chi connectivity index (χ1n) is 9.32. The molecule has 2 amide bonds. The fourth-order valence-corrected chi connectivity index (χ4v) is 2.94. The number of carbonyl (C=O) groups is 2. The summed E-state index contributed by atoms with van der Waals surface area (Å²) >= 11 is 3.41. The number of ether oxygens (including phenoxy) is 1. The van der Waals surface area contributed by atoms with Crippen LogP contribution in [0.2, 0.25) is 0 Å². The minimum Gasteiger partial charge on any atom is -0.484 e. The van der Waals surface area contributed by atoms with E-state index in [1.54, 1.807) is 13.0 Å². The Morgan fingerprint density at radius 1 is 1.04 bits per heavy atom. The summed E-state index contributed by atoms with van der Waals surface area (Å²) in [6, 6.07) is 13.5. The van der Waals surface area contributed by atoms with Crippen molar-refractivity contribution in [3.8, 4) is 5.75 Å². The Hall–Kier alpha value is -2.34. The molecule has 2 aromatic carbocycles. The second-order valence-corrected chi connectivity index (χ2v) is 8.15. The van der Waals surface area contributed by atoms with Crippen molar-refractivity contribution in [3.05, 3.63) is 63.6 Å². The highest BCUT2D eigenvalue weighted by Gasteiger charge is 2.16. The Bertz CT molecular complexity index is 819. The van der Waals surface area contributed by atoms with Gasteiger partial charge in [-0.3, -0.25) is 20.4 Å². The van der Waals surface area contributed by atoms with Crippen molar-refractivity contribution in [1.82, 2.24) is 10.9 Å². The highest BCUT2D eigenvalue weighted by Crippen LogP contribution is 2.21. The summed E-state index contributed by atoms with van der Waals surface area (Å²) in [5.74, 6) is 0.114. The van der Waals surface area contributed by atoms with Crippen LogP contribution in [-0.2, 0) is 16.0 Å². The molecule has 5 nitrogen and oxygen atoms in total. The summed E-state index contributed by atoms with van der Waals surface area (Å²) in [7, 11) is 0. The summed E-state index contributed by atoms with van der Waals surface area (Å²) in [5, 5.41) is 0. The molecule has 0 fully saturated rings. The van der Waals surface area contributed by atoms with E-state index in [0.29, 0.717) is 11.7 Å². The van der Waals surface area contributed by atoms with Crippen molar-refractivity contribution in [1.29, 1.82) is 0 Å². The number of nitrogens with one attached hydrogen (secondary N) is 2. The number of aryl methyl sites for hydroxylation is 1. The Balaban J connectivity index is 1.80. The normalized spacial score (nSPS) is 11.8. The minimum absolute atomic E-state index is 0.181. The number of hydrogen-bond donors (Lipinski definition) is 2. The largest absolute Gasteiger partial charge is 0.484 e. The highest BCUT2D eigenvalue weighted by molar-refractivity contribution is 9.10.